The molecule has 1 N–H and O–H groups in total. The molecule has 16 heavy (non-hydrogen) atoms. The summed E-state index contributed by atoms with van der Waals surface area (Å²) < 4.78 is 25.3. The van der Waals surface area contributed by atoms with Crippen LogP contribution < -0.4 is 5.32 Å². The van der Waals surface area contributed by atoms with Crippen LogP contribution in [0.3, 0.4) is 0 Å². The largest absolute Gasteiger partial charge is 0.310 e. The highest BCUT2D eigenvalue weighted by Crippen LogP contribution is 2.21. The fraction of sp³-hybridized carbons (Fsp3) is 1.00. The molecule has 2 aliphatic rings. The number of nitrogens with zero attached hydrogens (tertiary/aromatic N) is 1. The van der Waals surface area contributed by atoms with Crippen molar-refractivity contribution in [3.8, 4) is 0 Å². The van der Waals surface area contributed by atoms with Crippen molar-refractivity contribution < 1.29 is 8.42 Å². The zero-order valence-corrected chi connectivity index (χ0v) is 11.0. The standard InChI is InChI=1S/C11H22N2O2S/c1-9-6-13(16(14,15)8-9)7-11-5-3-4-10(2)12-11/h9-12H,3-8H2,1-2H3. The summed E-state index contributed by atoms with van der Waals surface area (Å²) >= 11 is 0. The second kappa shape index (κ2) is 4.63. The molecule has 2 rings (SSSR count). The van der Waals surface area contributed by atoms with Gasteiger partial charge in [-0.15, -0.1) is 0 Å². The third-order valence-electron chi connectivity index (χ3n) is 3.54. The SMILES string of the molecule is CC1CN(CC2CCCC(C)N2)S(=O)(=O)C1. The van der Waals surface area contributed by atoms with Gasteiger partial charge in [-0.05, 0) is 25.7 Å². The second-order valence-electron chi connectivity index (χ2n) is 5.40. The van der Waals surface area contributed by atoms with Crippen LogP contribution in [0.15, 0.2) is 0 Å². The van der Waals surface area contributed by atoms with Gasteiger partial charge >= 0.3 is 0 Å². The van der Waals surface area contributed by atoms with E-state index in [1.807, 2.05) is 6.92 Å². The number of hydrogen-bond donors (Lipinski definition) is 1. The Hall–Kier alpha value is -0.130. The Morgan fingerprint density at radius 1 is 1.31 bits per heavy atom. The van der Waals surface area contributed by atoms with Gasteiger partial charge in [-0.3, -0.25) is 0 Å². The van der Waals surface area contributed by atoms with Gasteiger partial charge in [0.1, 0.15) is 0 Å². The quantitative estimate of drug-likeness (QED) is 0.784. The second-order valence-corrected chi connectivity index (χ2v) is 7.41. The highest BCUT2D eigenvalue weighted by Gasteiger charge is 2.35. The van der Waals surface area contributed by atoms with E-state index in [9.17, 15) is 8.42 Å². The molecule has 4 nitrogen and oxygen atoms in total. The molecule has 0 aromatic rings. The summed E-state index contributed by atoms with van der Waals surface area (Å²) in [5.74, 6) is 0.612. The van der Waals surface area contributed by atoms with Crippen molar-refractivity contribution in [3.05, 3.63) is 0 Å². The molecule has 0 aliphatic carbocycles. The first-order chi connectivity index (χ1) is 7.47. The van der Waals surface area contributed by atoms with Crippen molar-refractivity contribution in [2.24, 2.45) is 5.92 Å². The van der Waals surface area contributed by atoms with Gasteiger partial charge in [0, 0.05) is 25.2 Å². The van der Waals surface area contributed by atoms with Crippen molar-refractivity contribution in [1.82, 2.24) is 9.62 Å². The molecular formula is C11H22N2O2S. The molecule has 2 heterocycles. The lowest BCUT2D eigenvalue weighted by Gasteiger charge is -2.31. The molecule has 0 aromatic heterocycles. The molecule has 0 spiro atoms. The van der Waals surface area contributed by atoms with E-state index < -0.39 is 10.0 Å². The molecule has 2 saturated heterocycles. The molecular weight excluding hydrogens is 224 g/mol. The lowest BCUT2D eigenvalue weighted by Crippen LogP contribution is -2.47. The minimum absolute atomic E-state index is 0.283. The van der Waals surface area contributed by atoms with Gasteiger partial charge in [0.2, 0.25) is 10.0 Å². The van der Waals surface area contributed by atoms with Crippen molar-refractivity contribution in [3.63, 3.8) is 0 Å². The molecule has 2 aliphatic heterocycles. The van der Waals surface area contributed by atoms with Gasteiger partial charge < -0.3 is 5.32 Å². The van der Waals surface area contributed by atoms with Crippen LogP contribution in [0.2, 0.25) is 0 Å². The van der Waals surface area contributed by atoms with Gasteiger partial charge in [0.25, 0.3) is 0 Å². The average Bonchev–Trinajstić information content (AvgIpc) is 2.39. The molecule has 3 unspecified atom stereocenters. The molecule has 2 fully saturated rings. The number of nitrogens with one attached hydrogen (secondary N) is 1. The maximum Gasteiger partial charge on any atom is 0.214 e. The third kappa shape index (κ3) is 2.76. The number of sulfonamides is 1. The Morgan fingerprint density at radius 2 is 2.06 bits per heavy atom. The Bertz CT molecular complexity index is 342. The van der Waals surface area contributed by atoms with Crippen molar-refractivity contribution in [1.29, 1.82) is 0 Å². The minimum Gasteiger partial charge on any atom is -0.310 e. The highest BCUT2D eigenvalue weighted by molar-refractivity contribution is 7.89. The van der Waals surface area contributed by atoms with Crippen molar-refractivity contribution in [2.45, 2.75) is 45.2 Å². The van der Waals surface area contributed by atoms with Gasteiger partial charge in [0.05, 0.1) is 5.75 Å². The topological polar surface area (TPSA) is 49.4 Å². The smallest absolute Gasteiger partial charge is 0.214 e. The summed E-state index contributed by atoms with van der Waals surface area (Å²) in [6.45, 7) is 5.55. The lowest BCUT2D eigenvalue weighted by atomic mass is 9.99. The third-order valence-corrected chi connectivity index (χ3v) is 5.61. The van der Waals surface area contributed by atoms with E-state index >= 15 is 0 Å². The Morgan fingerprint density at radius 3 is 2.62 bits per heavy atom. The van der Waals surface area contributed by atoms with E-state index in [1.54, 1.807) is 4.31 Å². The first-order valence-electron chi connectivity index (χ1n) is 6.21. The van der Waals surface area contributed by atoms with E-state index in [0.717, 1.165) is 6.42 Å². The van der Waals surface area contributed by atoms with Crippen LogP contribution in [-0.4, -0.2) is 43.6 Å². The fourth-order valence-electron chi connectivity index (χ4n) is 2.80. The summed E-state index contributed by atoms with van der Waals surface area (Å²) in [4.78, 5) is 0. The molecule has 5 heteroatoms. The Labute approximate surface area is 98.4 Å². The first kappa shape index (κ1) is 12.3. The molecule has 0 saturated carbocycles. The molecule has 94 valence electrons. The number of hydrogen-bond acceptors (Lipinski definition) is 3. The van der Waals surface area contributed by atoms with E-state index in [-0.39, 0.29) is 5.92 Å². The minimum atomic E-state index is -2.96. The number of piperidine rings is 1. The maximum absolute atomic E-state index is 11.8. The van der Waals surface area contributed by atoms with Crippen LogP contribution >= 0.6 is 0 Å². The van der Waals surface area contributed by atoms with Crippen LogP contribution in [0.1, 0.15) is 33.1 Å². The zero-order valence-electron chi connectivity index (χ0n) is 10.1. The van der Waals surface area contributed by atoms with E-state index in [0.29, 0.717) is 30.9 Å². The molecule has 0 radical (unpaired) electrons. The summed E-state index contributed by atoms with van der Waals surface area (Å²) in [6.07, 6.45) is 3.52. The van der Waals surface area contributed by atoms with Crippen molar-refractivity contribution in [2.75, 3.05) is 18.8 Å². The first-order valence-corrected chi connectivity index (χ1v) is 7.82. The molecule has 0 aromatic carbocycles. The molecule has 3 atom stereocenters. The zero-order chi connectivity index (χ0) is 11.8. The van der Waals surface area contributed by atoms with E-state index in [2.05, 4.69) is 12.2 Å². The average molecular weight is 246 g/mol. The van der Waals surface area contributed by atoms with Crippen LogP contribution in [0.25, 0.3) is 0 Å². The van der Waals surface area contributed by atoms with E-state index in [1.165, 1.54) is 12.8 Å². The highest BCUT2D eigenvalue weighted by atomic mass is 32.2. The monoisotopic (exact) mass is 246 g/mol. The van der Waals surface area contributed by atoms with Crippen LogP contribution in [0.5, 0.6) is 0 Å². The predicted molar refractivity (Wildman–Crippen MR) is 64.8 cm³/mol. The lowest BCUT2D eigenvalue weighted by molar-refractivity contribution is 0.280. The van der Waals surface area contributed by atoms with Crippen LogP contribution in [0, 0.1) is 5.92 Å². The maximum atomic E-state index is 11.8. The van der Waals surface area contributed by atoms with Gasteiger partial charge in [-0.1, -0.05) is 13.3 Å². The molecule has 0 bridgehead atoms. The van der Waals surface area contributed by atoms with Gasteiger partial charge in [-0.2, -0.15) is 0 Å². The fourth-order valence-corrected chi connectivity index (χ4v) is 4.72. The summed E-state index contributed by atoms with van der Waals surface area (Å²) in [6, 6.07) is 0.880. The normalized spacial score (nSPS) is 40.0. The molecule has 0 amide bonds. The van der Waals surface area contributed by atoms with Gasteiger partial charge in [0.15, 0.2) is 0 Å². The summed E-state index contributed by atoms with van der Waals surface area (Å²) in [5.41, 5.74) is 0. The van der Waals surface area contributed by atoms with Crippen LogP contribution in [0.4, 0.5) is 0 Å². The predicted octanol–water partition coefficient (Wildman–Crippen LogP) is 0.798. The number of rotatable bonds is 2. The summed E-state index contributed by atoms with van der Waals surface area (Å²) in [5, 5.41) is 3.49. The Kier molecular flexibility index (Phi) is 3.56. The van der Waals surface area contributed by atoms with Crippen molar-refractivity contribution >= 4 is 10.0 Å². The summed E-state index contributed by atoms with van der Waals surface area (Å²) in [7, 11) is -2.96. The Balaban J connectivity index is 1.94. The van der Waals surface area contributed by atoms with Gasteiger partial charge in [-0.25, -0.2) is 12.7 Å². The van der Waals surface area contributed by atoms with E-state index in [4.69, 9.17) is 0 Å². The van der Waals surface area contributed by atoms with Crippen LogP contribution in [-0.2, 0) is 10.0 Å².